The van der Waals surface area contributed by atoms with Crippen molar-refractivity contribution in [2.24, 2.45) is 5.16 Å². The molecule has 1 N–H and O–H groups in total. The molecule has 0 atom stereocenters. The number of pyridine rings is 1. The molecule has 14 heavy (non-hydrogen) atoms. The number of hydrogen-bond acceptors (Lipinski definition) is 3. The molecule has 1 heterocycles. The third kappa shape index (κ3) is 2.97. The maximum absolute atomic E-state index is 11.1. The average molecular weight is 193 g/mol. The zero-order chi connectivity index (χ0) is 10.4. The molecule has 0 aliphatic rings. The van der Waals surface area contributed by atoms with Crippen molar-refractivity contribution in [2.45, 2.75) is 19.9 Å². The van der Waals surface area contributed by atoms with Crippen LogP contribution in [0, 0.1) is 0 Å². The molecule has 0 radical (unpaired) electrons. The summed E-state index contributed by atoms with van der Waals surface area (Å²) in [6.07, 6.45) is 5.45. The highest BCUT2D eigenvalue weighted by molar-refractivity contribution is 5.78. The second-order valence-corrected chi connectivity index (χ2v) is 2.94. The van der Waals surface area contributed by atoms with Crippen LogP contribution in [0.3, 0.4) is 0 Å². The highest BCUT2D eigenvalue weighted by Gasteiger charge is 2.05. The van der Waals surface area contributed by atoms with Crippen LogP contribution in [0.5, 0.6) is 0 Å². The number of nitrogens with zero attached hydrogens (tertiary/aromatic N) is 2. The molecule has 4 nitrogen and oxygen atoms in total. The number of Topliss-reactive ketones (excluding diaryl/α,β-unsaturated/α-hetero) is 1. The first kappa shape index (κ1) is 10.4. The van der Waals surface area contributed by atoms with Crippen molar-refractivity contribution in [3.05, 3.63) is 30.1 Å². The van der Waals surface area contributed by atoms with Gasteiger partial charge in [0, 0.05) is 24.1 Å². The Hall–Kier alpha value is -1.71. The lowest BCUT2D eigenvalue weighted by atomic mass is 10.2. The molecular formula is C10H13N2O2+. The molecule has 4 heteroatoms. The van der Waals surface area contributed by atoms with Crippen molar-refractivity contribution in [3.8, 4) is 0 Å². The first-order valence-corrected chi connectivity index (χ1v) is 4.44. The van der Waals surface area contributed by atoms with E-state index in [1.807, 2.05) is 6.92 Å². The van der Waals surface area contributed by atoms with Gasteiger partial charge in [0.2, 0.25) is 6.54 Å². The summed E-state index contributed by atoms with van der Waals surface area (Å²) >= 11 is 0. The minimum atomic E-state index is 0.193. The van der Waals surface area contributed by atoms with Crippen LogP contribution in [0.1, 0.15) is 18.9 Å². The van der Waals surface area contributed by atoms with E-state index in [1.165, 1.54) is 6.21 Å². The van der Waals surface area contributed by atoms with E-state index in [-0.39, 0.29) is 5.78 Å². The van der Waals surface area contributed by atoms with Gasteiger partial charge in [-0.3, -0.25) is 4.79 Å². The number of carbonyl (C=O) groups is 1. The van der Waals surface area contributed by atoms with Gasteiger partial charge < -0.3 is 5.21 Å². The van der Waals surface area contributed by atoms with Crippen molar-refractivity contribution in [3.63, 3.8) is 0 Å². The highest BCUT2D eigenvalue weighted by Crippen LogP contribution is 1.90. The average Bonchev–Trinajstić information content (AvgIpc) is 2.21. The van der Waals surface area contributed by atoms with Crippen LogP contribution >= 0.6 is 0 Å². The Bertz CT molecular complexity index is 330. The number of aromatic nitrogens is 1. The van der Waals surface area contributed by atoms with E-state index in [9.17, 15) is 4.79 Å². The van der Waals surface area contributed by atoms with Crippen LogP contribution in [0.4, 0.5) is 0 Å². The first-order chi connectivity index (χ1) is 6.76. The Labute approximate surface area is 82.5 Å². The Morgan fingerprint density at radius 1 is 1.57 bits per heavy atom. The van der Waals surface area contributed by atoms with Crippen molar-refractivity contribution in [1.82, 2.24) is 0 Å². The van der Waals surface area contributed by atoms with Crippen LogP contribution in [-0.4, -0.2) is 17.2 Å². The molecule has 0 aromatic carbocycles. The smallest absolute Gasteiger partial charge is 0.206 e. The third-order valence-electron chi connectivity index (χ3n) is 1.88. The molecule has 74 valence electrons. The fourth-order valence-corrected chi connectivity index (χ4v) is 1.04. The normalized spacial score (nSPS) is 10.6. The van der Waals surface area contributed by atoms with Crippen LogP contribution in [0.25, 0.3) is 0 Å². The first-order valence-electron chi connectivity index (χ1n) is 4.44. The molecule has 0 saturated carbocycles. The molecule has 0 spiro atoms. The number of oxime groups is 1. The van der Waals surface area contributed by atoms with Crippen molar-refractivity contribution in [2.75, 3.05) is 0 Å². The monoisotopic (exact) mass is 193 g/mol. The van der Waals surface area contributed by atoms with Gasteiger partial charge in [-0.15, -0.1) is 0 Å². The molecule has 0 unspecified atom stereocenters. The molecule has 1 aromatic rings. The maximum atomic E-state index is 11.1. The van der Waals surface area contributed by atoms with Gasteiger partial charge in [0.05, 0.1) is 6.21 Å². The van der Waals surface area contributed by atoms with Crippen molar-refractivity contribution < 1.29 is 14.6 Å². The predicted octanol–water partition coefficient (Wildman–Crippen LogP) is 0.761. The highest BCUT2D eigenvalue weighted by atomic mass is 16.4. The van der Waals surface area contributed by atoms with Gasteiger partial charge in [-0.25, -0.2) is 0 Å². The topological polar surface area (TPSA) is 53.5 Å². The maximum Gasteiger partial charge on any atom is 0.206 e. The minimum Gasteiger partial charge on any atom is -0.411 e. The van der Waals surface area contributed by atoms with Gasteiger partial charge in [0.25, 0.3) is 0 Å². The minimum absolute atomic E-state index is 0.193. The summed E-state index contributed by atoms with van der Waals surface area (Å²) in [5, 5.41) is 11.2. The molecule has 0 aliphatic carbocycles. The molecule has 0 bridgehead atoms. The molecule has 1 aromatic heterocycles. The van der Waals surface area contributed by atoms with E-state index in [0.717, 1.165) is 5.56 Å². The molecule has 0 saturated heterocycles. The van der Waals surface area contributed by atoms with E-state index in [1.54, 1.807) is 29.1 Å². The van der Waals surface area contributed by atoms with Crippen molar-refractivity contribution >= 4 is 12.0 Å². The van der Waals surface area contributed by atoms with E-state index in [2.05, 4.69) is 5.16 Å². The van der Waals surface area contributed by atoms with Crippen LogP contribution in [0.2, 0.25) is 0 Å². The van der Waals surface area contributed by atoms with Crippen LogP contribution in [-0.2, 0) is 11.3 Å². The molecule has 0 amide bonds. The summed E-state index contributed by atoms with van der Waals surface area (Å²) in [7, 11) is 0. The molecule has 0 fully saturated rings. The lowest BCUT2D eigenvalue weighted by Crippen LogP contribution is -2.36. The lowest BCUT2D eigenvalue weighted by Gasteiger charge is -1.94. The zero-order valence-electron chi connectivity index (χ0n) is 8.05. The molecule has 0 aliphatic heterocycles. The predicted molar refractivity (Wildman–Crippen MR) is 51.3 cm³/mol. The van der Waals surface area contributed by atoms with E-state index in [0.29, 0.717) is 13.0 Å². The number of ketones is 1. The van der Waals surface area contributed by atoms with E-state index < -0.39 is 0 Å². The summed E-state index contributed by atoms with van der Waals surface area (Å²) in [5.74, 6) is 0.193. The number of carbonyl (C=O) groups excluding carboxylic acids is 1. The largest absolute Gasteiger partial charge is 0.411 e. The second kappa shape index (κ2) is 5.11. The Morgan fingerprint density at radius 2 is 2.21 bits per heavy atom. The SMILES string of the molecule is CCC(=O)C[n+]1ccc(C=NO)cc1. The van der Waals surface area contributed by atoms with Crippen LogP contribution < -0.4 is 4.57 Å². The summed E-state index contributed by atoms with van der Waals surface area (Å²) in [6.45, 7) is 2.24. The standard InChI is InChI=1S/C10H12N2O2/c1-2-10(13)8-12-5-3-9(4-6-12)7-11-14/h3-7H,2,8H2,1H3/p+1. The summed E-state index contributed by atoms with van der Waals surface area (Å²) in [5.41, 5.74) is 0.799. The molecular weight excluding hydrogens is 180 g/mol. The van der Waals surface area contributed by atoms with Crippen LogP contribution in [0.15, 0.2) is 29.7 Å². The molecule has 1 rings (SSSR count). The third-order valence-corrected chi connectivity index (χ3v) is 1.88. The quantitative estimate of drug-likeness (QED) is 0.332. The van der Waals surface area contributed by atoms with Gasteiger partial charge >= 0.3 is 0 Å². The van der Waals surface area contributed by atoms with E-state index in [4.69, 9.17) is 5.21 Å². The second-order valence-electron chi connectivity index (χ2n) is 2.94. The van der Waals surface area contributed by atoms with Gasteiger partial charge in [-0.2, -0.15) is 4.57 Å². The van der Waals surface area contributed by atoms with Gasteiger partial charge in [0.15, 0.2) is 18.2 Å². The summed E-state index contributed by atoms with van der Waals surface area (Å²) in [6, 6.07) is 3.56. The van der Waals surface area contributed by atoms with Gasteiger partial charge in [0.1, 0.15) is 0 Å². The number of rotatable bonds is 4. The Balaban J connectivity index is 2.68. The fourth-order valence-electron chi connectivity index (χ4n) is 1.04. The van der Waals surface area contributed by atoms with E-state index >= 15 is 0 Å². The van der Waals surface area contributed by atoms with Gasteiger partial charge in [-0.05, 0) is 0 Å². The lowest BCUT2D eigenvalue weighted by molar-refractivity contribution is -0.684. The Morgan fingerprint density at radius 3 is 2.71 bits per heavy atom. The zero-order valence-corrected chi connectivity index (χ0v) is 8.05. The Kier molecular flexibility index (Phi) is 3.79. The summed E-state index contributed by atoms with van der Waals surface area (Å²) in [4.78, 5) is 11.1. The number of hydrogen-bond donors (Lipinski definition) is 1. The van der Waals surface area contributed by atoms with Gasteiger partial charge in [-0.1, -0.05) is 12.1 Å². The van der Waals surface area contributed by atoms with Crippen molar-refractivity contribution in [1.29, 1.82) is 0 Å². The fraction of sp³-hybridized carbons (Fsp3) is 0.300. The summed E-state index contributed by atoms with van der Waals surface area (Å²) < 4.78 is 1.79.